The van der Waals surface area contributed by atoms with E-state index >= 15 is 0 Å². The van der Waals surface area contributed by atoms with Crippen LogP contribution in [0.5, 0.6) is 0 Å². The summed E-state index contributed by atoms with van der Waals surface area (Å²) in [7, 11) is 0. The van der Waals surface area contributed by atoms with E-state index in [1.807, 2.05) is 6.92 Å². The number of aliphatic hydroxyl groups is 1. The van der Waals surface area contributed by atoms with Gasteiger partial charge in [0.25, 0.3) is 0 Å². The minimum Gasteiger partial charge on any atom is -0.389 e. The molecule has 2 nitrogen and oxygen atoms in total. The highest BCUT2D eigenvalue weighted by Gasteiger charge is 2.43. The molecule has 0 bridgehead atoms. The molecule has 0 saturated heterocycles. The molecule has 0 amide bonds. The number of hydrogen-bond acceptors (Lipinski definition) is 2. The lowest BCUT2D eigenvalue weighted by Crippen LogP contribution is -2.47. The third kappa shape index (κ3) is 2.60. The van der Waals surface area contributed by atoms with Crippen molar-refractivity contribution in [1.82, 2.24) is 5.32 Å². The fourth-order valence-electron chi connectivity index (χ4n) is 2.93. The van der Waals surface area contributed by atoms with Crippen molar-refractivity contribution >= 4 is 0 Å². The van der Waals surface area contributed by atoms with E-state index in [1.165, 1.54) is 38.5 Å². The Hall–Kier alpha value is -0.0800. The first-order valence-corrected chi connectivity index (χ1v) is 6.90. The van der Waals surface area contributed by atoms with E-state index in [0.29, 0.717) is 17.4 Å². The van der Waals surface area contributed by atoms with Gasteiger partial charge in [-0.15, -0.1) is 0 Å². The summed E-state index contributed by atoms with van der Waals surface area (Å²) < 4.78 is 0. The molecule has 0 aromatic rings. The van der Waals surface area contributed by atoms with Gasteiger partial charge in [0.05, 0.1) is 5.60 Å². The molecule has 2 rings (SSSR count). The van der Waals surface area contributed by atoms with Crippen molar-refractivity contribution in [3.63, 3.8) is 0 Å². The topological polar surface area (TPSA) is 32.3 Å². The van der Waals surface area contributed by atoms with Gasteiger partial charge in [0.1, 0.15) is 0 Å². The lowest BCUT2D eigenvalue weighted by Gasteiger charge is -2.33. The van der Waals surface area contributed by atoms with E-state index in [4.69, 9.17) is 0 Å². The molecular weight excluding hydrogens is 198 g/mol. The normalized spacial score (nSPS) is 30.0. The smallest absolute Gasteiger partial charge is 0.0771 e. The van der Waals surface area contributed by atoms with Gasteiger partial charge in [-0.3, -0.25) is 0 Å². The van der Waals surface area contributed by atoms with Crippen LogP contribution in [0.15, 0.2) is 0 Å². The Balaban J connectivity index is 1.79. The maximum Gasteiger partial charge on any atom is 0.0771 e. The first kappa shape index (κ1) is 12.4. The molecule has 0 aliphatic heterocycles. The van der Waals surface area contributed by atoms with Crippen molar-refractivity contribution in [2.45, 2.75) is 70.9 Å². The van der Waals surface area contributed by atoms with Crippen LogP contribution in [0.4, 0.5) is 0 Å². The standard InChI is InChI=1S/C14H27NO/c1-11(13(2)8-9-13)15-10-14(3,16)12-6-4-5-7-12/h11-12,15-16H,4-10H2,1-3H3. The molecule has 0 aromatic carbocycles. The van der Waals surface area contributed by atoms with Crippen LogP contribution in [0.2, 0.25) is 0 Å². The average molecular weight is 225 g/mol. The quantitative estimate of drug-likeness (QED) is 0.754. The Morgan fingerprint density at radius 2 is 1.94 bits per heavy atom. The van der Waals surface area contributed by atoms with Crippen LogP contribution in [0.1, 0.15) is 59.3 Å². The largest absolute Gasteiger partial charge is 0.389 e. The lowest BCUT2D eigenvalue weighted by molar-refractivity contribution is -0.00111. The molecule has 0 spiro atoms. The number of nitrogens with one attached hydrogen (secondary N) is 1. The first-order chi connectivity index (χ1) is 7.44. The average Bonchev–Trinajstić information content (AvgIpc) is 2.80. The van der Waals surface area contributed by atoms with Crippen molar-refractivity contribution < 1.29 is 5.11 Å². The summed E-state index contributed by atoms with van der Waals surface area (Å²) in [5.41, 5.74) is 0.00175. The van der Waals surface area contributed by atoms with E-state index < -0.39 is 5.60 Å². The van der Waals surface area contributed by atoms with Crippen molar-refractivity contribution in [2.75, 3.05) is 6.54 Å². The van der Waals surface area contributed by atoms with Crippen LogP contribution in [-0.2, 0) is 0 Å². The highest BCUT2D eigenvalue weighted by molar-refractivity contribution is 4.98. The molecule has 0 radical (unpaired) electrons. The van der Waals surface area contributed by atoms with Crippen molar-refractivity contribution in [1.29, 1.82) is 0 Å². The zero-order valence-corrected chi connectivity index (χ0v) is 11.1. The second-order valence-corrected chi connectivity index (χ2v) is 6.60. The van der Waals surface area contributed by atoms with Gasteiger partial charge >= 0.3 is 0 Å². The van der Waals surface area contributed by atoms with E-state index in [9.17, 15) is 5.11 Å². The Morgan fingerprint density at radius 1 is 1.38 bits per heavy atom. The van der Waals surface area contributed by atoms with Crippen LogP contribution in [0.25, 0.3) is 0 Å². The van der Waals surface area contributed by atoms with Gasteiger partial charge < -0.3 is 10.4 Å². The third-order valence-corrected chi connectivity index (χ3v) is 5.08. The second kappa shape index (κ2) is 4.30. The summed E-state index contributed by atoms with van der Waals surface area (Å²) in [6, 6.07) is 0.542. The minimum atomic E-state index is -0.504. The summed E-state index contributed by atoms with van der Waals surface area (Å²) in [6.45, 7) is 7.37. The van der Waals surface area contributed by atoms with E-state index in [1.54, 1.807) is 0 Å². The molecule has 2 atom stereocenters. The van der Waals surface area contributed by atoms with E-state index in [2.05, 4.69) is 19.2 Å². The fourth-order valence-corrected chi connectivity index (χ4v) is 2.93. The van der Waals surface area contributed by atoms with Crippen LogP contribution < -0.4 is 5.32 Å². The zero-order chi connectivity index (χ0) is 11.8. The van der Waals surface area contributed by atoms with Gasteiger partial charge in [-0.2, -0.15) is 0 Å². The maximum atomic E-state index is 10.5. The molecule has 2 N–H and O–H groups in total. The Morgan fingerprint density at radius 3 is 2.44 bits per heavy atom. The van der Waals surface area contributed by atoms with E-state index in [0.717, 1.165) is 6.54 Å². The number of hydrogen-bond donors (Lipinski definition) is 2. The van der Waals surface area contributed by atoms with Gasteiger partial charge in [0, 0.05) is 12.6 Å². The first-order valence-electron chi connectivity index (χ1n) is 6.90. The Labute approximate surface area is 99.8 Å². The monoisotopic (exact) mass is 225 g/mol. The maximum absolute atomic E-state index is 10.5. The zero-order valence-electron chi connectivity index (χ0n) is 11.1. The third-order valence-electron chi connectivity index (χ3n) is 5.08. The van der Waals surface area contributed by atoms with Crippen LogP contribution in [0, 0.1) is 11.3 Å². The molecule has 16 heavy (non-hydrogen) atoms. The molecule has 94 valence electrons. The van der Waals surface area contributed by atoms with E-state index in [-0.39, 0.29) is 0 Å². The van der Waals surface area contributed by atoms with Crippen molar-refractivity contribution in [3.8, 4) is 0 Å². The van der Waals surface area contributed by atoms with Crippen LogP contribution in [0.3, 0.4) is 0 Å². The molecule has 2 heteroatoms. The molecule has 2 fully saturated rings. The summed E-state index contributed by atoms with van der Waals surface area (Å²) in [5, 5.41) is 14.0. The summed E-state index contributed by atoms with van der Waals surface area (Å²) in [6.07, 6.45) is 7.70. The second-order valence-electron chi connectivity index (χ2n) is 6.60. The fraction of sp³-hybridized carbons (Fsp3) is 1.00. The van der Waals surface area contributed by atoms with Gasteiger partial charge in [0.15, 0.2) is 0 Å². The number of rotatable bonds is 5. The molecule has 0 aromatic heterocycles. The minimum absolute atomic E-state index is 0.504. The Kier molecular flexibility index (Phi) is 3.33. The molecule has 2 aliphatic rings. The molecular formula is C14H27NO. The van der Waals surface area contributed by atoms with Gasteiger partial charge in [-0.05, 0) is 50.9 Å². The van der Waals surface area contributed by atoms with Gasteiger partial charge in [0.2, 0.25) is 0 Å². The molecule has 2 unspecified atom stereocenters. The predicted octanol–water partition coefficient (Wildman–Crippen LogP) is 2.71. The van der Waals surface area contributed by atoms with Crippen LogP contribution in [-0.4, -0.2) is 23.3 Å². The molecule has 2 saturated carbocycles. The highest BCUT2D eigenvalue weighted by Crippen LogP contribution is 2.48. The van der Waals surface area contributed by atoms with Crippen molar-refractivity contribution in [2.24, 2.45) is 11.3 Å². The molecule has 2 aliphatic carbocycles. The summed E-state index contributed by atoms with van der Waals surface area (Å²) >= 11 is 0. The highest BCUT2D eigenvalue weighted by atomic mass is 16.3. The summed E-state index contributed by atoms with van der Waals surface area (Å²) in [5.74, 6) is 0.513. The SMILES string of the molecule is CC(NCC(C)(O)C1CCCC1)C1(C)CC1. The lowest BCUT2D eigenvalue weighted by atomic mass is 9.87. The van der Waals surface area contributed by atoms with Crippen molar-refractivity contribution in [3.05, 3.63) is 0 Å². The van der Waals surface area contributed by atoms with Gasteiger partial charge in [-0.1, -0.05) is 19.8 Å². The van der Waals surface area contributed by atoms with Gasteiger partial charge in [-0.25, -0.2) is 0 Å². The van der Waals surface area contributed by atoms with Crippen LogP contribution >= 0.6 is 0 Å². The predicted molar refractivity (Wildman–Crippen MR) is 67.4 cm³/mol. The summed E-state index contributed by atoms with van der Waals surface area (Å²) in [4.78, 5) is 0. The Bertz CT molecular complexity index is 239. The molecule has 0 heterocycles.